The lowest BCUT2D eigenvalue weighted by Gasteiger charge is -2.29. The van der Waals surface area contributed by atoms with E-state index in [1.165, 1.54) is 19.3 Å². The molecule has 0 aromatic carbocycles. The SMILES string of the molecule is CC1CCCCC1CNc1cc(C(F)(F)F)cc(NN)n1. The van der Waals surface area contributed by atoms with Gasteiger partial charge in [-0.1, -0.05) is 26.2 Å². The number of pyridine rings is 1. The first kappa shape index (κ1) is 15.9. The second kappa shape index (κ2) is 6.51. The van der Waals surface area contributed by atoms with E-state index in [2.05, 4.69) is 22.7 Å². The molecule has 1 aromatic rings. The summed E-state index contributed by atoms with van der Waals surface area (Å²) < 4.78 is 38.5. The van der Waals surface area contributed by atoms with Crippen molar-refractivity contribution in [3.8, 4) is 0 Å². The summed E-state index contributed by atoms with van der Waals surface area (Å²) in [5, 5.41) is 3.03. The molecule has 21 heavy (non-hydrogen) atoms. The highest BCUT2D eigenvalue weighted by molar-refractivity contribution is 5.49. The predicted molar refractivity (Wildman–Crippen MR) is 76.7 cm³/mol. The van der Waals surface area contributed by atoms with Gasteiger partial charge in [0.1, 0.15) is 11.6 Å². The van der Waals surface area contributed by atoms with Crippen molar-refractivity contribution < 1.29 is 13.2 Å². The average molecular weight is 302 g/mol. The van der Waals surface area contributed by atoms with Crippen LogP contribution in [0.25, 0.3) is 0 Å². The Morgan fingerprint density at radius 1 is 1.24 bits per heavy atom. The fourth-order valence-electron chi connectivity index (χ4n) is 2.79. The molecular formula is C14H21F3N4. The van der Waals surface area contributed by atoms with Gasteiger partial charge < -0.3 is 10.7 Å². The quantitative estimate of drug-likeness (QED) is 0.587. The van der Waals surface area contributed by atoms with E-state index in [9.17, 15) is 13.2 Å². The van der Waals surface area contributed by atoms with Crippen molar-refractivity contribution in [1.82, 2.24) is 4.98 Å². The number of nitrogen functional groups attached to an aromatic ring is 1. The number of rotatable bonds is 4. The molecule has 1 aliphatic rings. The Morgan fingerprint density at radius 2 is 1.90 bits per heavy atom. The highest BCUT2D eigenvalue weighted by Gasteiger charge is 2.31. The van der Waals surface area contributed by atoms with Crippen molar-refractivity contribution >= 4 is 11.6 Å². The fraction of sp³-hybridized carbons (Fsp3) is 0.643. The van der Waals surface area contributed by atoms with Gasteiger partial charge in [-0.25, -0.2) is 10.8 Å². The molecule has 7 heteroatoms. The standard InChI is InChI=1S/C14H21F3N4/c1-9-4-2-3-5-10(9)8-19-12-6-11(14(15,16)17)7-13(20-12)21-18/h6-7,9-10H,2-5,8,18H2,1H3,(H2,19,20,21). The van der Waals surface area contributed by atoms with Crippen LogP contribution < -0.4 is 16.6 Å². The molecule has 4 nitrogen and oxygen atoms in total. The molecule has 0 bridgehead atoms. The lowest BCUT2D eigenvalue weighted by atomic mass is 9.80. The second-order valence-corrected chi connectivity index (χ2v) is 5.67. The van der Waals surface area contributed by atoms with E-state index in [4.69, 9.17) is 5.84 Å². The first-order valence-electron chi connectivity index (χ1n) is 7.20. The van der Waals surface area contributed by atoms with Gasteiger partial charge in [0.15, 0.2) is 0 Å². The first-order chi connectivity index (χ1) is 9.90. The van der Waals surface area contributed by atoms with E-state index in [0.29, 0.717) is 18.4 Å². The summed E-state index contributed by atoms with van der Waals surface area (Å²) in [6.07, 6.45) is 0.291. The number of hydrazine groups is 1. The summed E-state index contributed by atoms with van der Waals surface area (Å²) in [6.45, 7) is 2.83. The van der Waals surface area contributed by atoms with Gasteiger partial charge in [-0.05, 0) is 30.4 Å². The van der Waals surface area contributed by atoms with Gasteiger partial charge in [0.25, 0.3) is 0 Å². The lowest BCUT2D eigenvalue weighted by Crippen LogP contribution is -2.25. The zero-order chi connectivity index (χ0) is 15.5. The van der Waals surface area contributed by atoms with Gasteiger partial charge in [0.05, 0.1) is 5.56 Å². The molecule has 0 spiro atoms. The van der Waals surface area contributed by atoms with Gasteiger partial charge in [-0.3, -0.25) is 0 Å². The number of nitrogens with one attached hydrogen (secondary N) is 2. The zero-order valence-corrected chi connectivity index (χ0v) is 12.0. The third-order valence-corrected chi connectivity index (χ3v) is 4.14. The Labute approximate surface area is 122 Å². The molecule has 1 saturated carbocycles. The number of alkyl halides is 3. The molecule has 118 valence electrons. The molecule has 0 radical (unpaired) electrons. The Balaban J connectivity index is 2.08. The van der Waals surface area contributed by atoms with Gasteiger partial charge >= 0.3 is 6.18 Å². The van der Waals surface area contributed by atoms with Crippen LogP contribution in [0, 0.1) is 11.8 Å². The molecule has 1 heterocycles. The molecule has 2 atom stereocenters. The normalized spacial score (nSPS) is 22.9. The molecule has 4 N–H and O–H groups in total. The third kappa shape index (κ3) is 4.23. The van der Waals surface area contributed by atoms with Crippen LogP contribution in [0.3, 0.4) is 0 Å². The van der Waals surface area contributed by atoms with Crippen molar-refractivity contribution in [2.45, 2.75) is 38.8 Å². The van der Waals surface area contributed by atoms with E-state index in [-0.39, 0.29) is 11.6 Å². The number of halogens is 3. The van der Waals surface area contributed by atoms with Crippen LogP contribution in [0.4, 0.5) is 24.8 Å². The van der Waals surface area contributed by atoms with E-state index in [1.54, 1.807) is 0 Å². The summed E-state index contributed by atoms with van der Waals surface area (Å²) >= 11 is 0. The number of hydrogen-bond donors (Lipinski definition) is 3. The highest BCUT2D eigenvalue weighted by atomic mass is 19.4. The largest absolute Gasteiger partial charge is 0.416 e. The molecule has 2 rings (SSSR count). The lowest BCUT2D eigenvalue weighted by molar-refractivity contribution is -0.137. The van der Waals surface area contributed by atoms with E-state index < -0.39 is 11.7 Å². The summed E-state index contributed by atoms with van der Waals surface area (Å²) in [6, 6.07) is 1.92. The minimum atomic E-state index is -4.41. The van der Waals surface area contributed by atoms with Gasteiger partial charge in [0, 0.05) is 6.54 Å². The van der Waals surface area contributed by atoms with E-state index in [1.807, 2.05) is 0 Å². The summed E-state index contributed by atoms with van der Waals surface area (Å²) in [5.41, 5.74) is 1.42. The average Bonchev–Trinajstić information content (AvgIpc) is 2.45. The number of nitrogens with two attached hydrogens (primary N) is 1. The Hall–Kier alpha value is -1.50. The van der Waals surface area contributed by atoms with Crippen molar-refractivity contribution in [3.05, 3.63) is 17.7 Å². The van der Waals surface area contributed by atoms with Crippen molar-refractivity contribution in [2.24, 2.45) is 17.7 Å². The molecule has 1 aliphatic carbocycles. The van der Waals surface area contributed by atoms with Gasteiger partial charge in [-0.15, -0.1) is 0 Å². The minimum Gasteiger partial charge on any atom is -0.370 e. The monoisotopic (exact) mass is 302 g/mol. The number of nitrogens with zero attached hydrogens (tertiary/aromatic N) is 1. The minimum absolute atomic E-state index is 0.00372. The number of anilines is 2. The van der Waals surface area contributed by atoms with Crippen LogP contribution in [0.2, 0.25) is 0 Å². The number of aromatic nitrogens is 1. The van der Waals surface area contributed by atoms with E-state index in [0.717, 1.165) is 18.6 Å². The molecule has 0 aliphatic heterocycles. The maximum Gasteiger partial charge on any atom is 0.416 e. The smallest absolute Gasteiger partial charge is 0.370 e. The topological polar surface area (TPSA) is 63.0 Å². The van der Waals surface area contributed by atoms with Crippen LogP contribution >= 0.6 is 0 Å². The maximum atomic E-state index is 12.8. The first-order valence-corrected chi connectivity index (χ1v) is 7.20. The van der Waals surface area contributed by atoms with Crippen LogP contribution in [0.15, 0.2) is 12.1 Å². The molecule has 0 amide bonds. The Kier molecular flexibility index (Phi) is 4.92. The highest BCUT2D eigenvalue weighted by Crippen LogP contribution is 2.33. The second-order valence-electron chi connectivity index (χ2n) is 5.67. The molecular weight excluding hydrogens is 281 g/mol. The summed E-state index contributed by atoms with van der Waals surface area (Å²) in [4.78, 5) is 4.03. The van der Waals surface area contributed by atoms with Crippen LogP contribution in [0.1, 0.15) is 38.2 Å². The third-order valence-electron chi connectivity index (χ3n) is 4.14. The fourth-order valence-corrected chi connectivity index (χ4v) is 2.79. The molecule has 1 aromatic heterocycles. The van der Waals surface area contributed by atoms with Crippen LogP contribution in [-0.2, 0) is 6.18 Å². The summed E-state index contributed by atoms with van der Waals surface area (Å²) in [7, 11) is 0. The van der Waals surface area contributed by atoms with Gasteiger partial charge in [0.2, 0.25) is 0 Å². The van der Waals surface area contributed by atoms with Crippen molar-refractivity contribution in [3.63, 3.8) is 0 Å². The van der Waals surface area contributed by atoms with Crippen molar-refractivity contribution in [2.75, 3.05) is 17.3 Å². The Bertz CT molecular complexity index is 476. The van der Waals surface area contributed by atoms with E-state index >= 15 is 0 Å². The number of hydrogen-bond acceptors (Lipinski definition) is 4. The Morgan fingerprint density at radius 3 is 2.52 bits per heavy atom. The molecule has 1 fully saturated rings. The zero-order valence-electron chi connectivity index (χ0n) is 12.0. The molecule has 2 unspecified atom stereocenters. The predicted octanol–water partition coefficient (Wildman–Crippen LogP) is 3.62. The summed E-state index contributed by atoms with van der Waals surface area (Å²) in [5.74, 6) is 6.46. The van der Waals surface area contributed by atoms with Crippen LogP contribution in [0.5, 0.6) is 0 Å². The maximum absolute atomic E-state index is 12.8. The molecule has 0 saturated heterocycles. The van der Waals surface area contributed by atoms with Gasteiger partial charge in [-0.2, -0.15) is 13.2 Å². The van der Waals surface area contributed by atoms with Crippen LogP contribution in [-0.4, -0.2) is 11.5 Å². The van der Waals surface area contributed by atoms with Crippen molar-refractivity contribution in [1.29, 1.82) is 0 Å².